The highest BCUT2D eigenvalue weighted by atomic mass is 32.2. The molecule has 8 nitrogen and oxygen atoms in total. The number of fused-ring (bicyclic) bond motifs is 1. The molecule has 0 spiro atoms. The van der Waals surface area contributed by atoms with Crippen LogP contribution in [-0.2, 0) is 10.2 Å². The molecule has 1 aliphatic rings. The minimum atomic E-state index is -3.36. The number of rotatable bonds is 8. The molecule has 1 aromatic carbocycles. The Morgan fingerprint density at radius 3 is 2.34 bits per heavy atom. The lowest BCUT2D eigenvalue weighted by atomic mass is 9.93. The Bertz CT molecular complexity index is 957. The summed E-state index contributed by atoms with van der Waals surface area (Å²) in [7, 11) is 1.33. The van der Waals surface area contributed by atoms with Crippen molar-refractivity contribution in [3.05, 3.63) is 23.9 Å². The fourth-order valence-corrected chi connectivity index (χ4v) is 4.37. The van der Waals surface area contributed by atoms with E-state index in [4.69, 9.17) is 14.5 Å². The van der Waals surface area contributed by atoms with Gasteiger partial charge in [-0.1, -0.05) is 0 Å². The Labute approximate surface area is 172 Å². The number of hydrogen-bond acceptors (Lipinski definition) is 6. The van der Waals surface area contributed by atoms with Crippen LogP contribution in [0, 0.1) is 12.8 Å². The van der Waals surface area contributed by atoms with E-state index < -0.39 is 10.2 Å². The van der Waals surface area contributed by atoms with Crippen LogP contribution >= 0.6 is 0 Å². The number of nitrogens with zero attached hydrogens (tertiary/aromatic N) is 2. The van der Waals surface area contributed by atoms with Crippen molar-refractivity contribution in [1.82, 2.24) is 14.4 Å². The van der Waals surface area contributed by atoms with Crippen molar-refractivity contribution < 1.29 is 17.9 Å². The summed E-state index contributed by atoms with van der Waals surface area (Å²) in [5, 5.41) is 2.17. The predicted octanol–water partition coefficient (Wildman–Crippen LogP) is 2.22. The first kappa shape index (κ1) is 21.6. The lowest BCUT2D eigenvalue weighted by Gasteiger charge is -2.33. The molecule has 160 valence electrons. The van der Waals surface area contributed by atoms with Crippen LogP contribution in [0.15, 0.2) is 18.3 Å². The van der Waals surface area contributed by atoms with Gasteiger partial charge in [-0.2, -0.15) is 8.42 Å². The van der Waals surface area contributed by atoms with Crippen molar-refractivity contribution >= 4 is 26.8 Å². The summed E-state index contributed by atoms with van der Waals surface area (Å²) in [6.45, 7) is 4.28. The number of methoxy groups -OCH3 is 2. The van der Waals surface area contributed by atoms with Crippen LogP contribution in [0.5, 0.6) is 11.5 Å². The molecule has 29 heavy (non-hydrogen) atoms. The van der Waals surface area contributed by atoms with Crippen molar-refractivity contribution in [1.29, 1.82) is 0 Å². The van der Waals surface area contributed by atoms with E-state index in [-0.39, 0.29) is 0 Å². The first-order valence-electron chi connectivity index (χ1n) is 9.83. The van der Waals surface area contributed by atoms with E-state index in [0.717, 1.165) is 54.5 Å². The number of ether oxygens (including phenoxy) is 2. The number of piperidine rings is 1. The summed E-state index contributed by atoms with van der Waals surface area (Å²) in [6, 6.07) is 4.01. The molecule has 0 aliphatic carbocycles. The predicted molar refractivity (Wildman–Crippen MR) is 115 cm³/mol. The third-order valence-corrected chi connectivity index (χ3v) is 6.72. The molecule has 9 heteroatoms. The lowest BCUT2D eigenvalue weighted by Crippen LogP contribution is -2.38. The topological polar surface area (TPSA) is 92.8 Å². The molecule has 1 aliphatic heterocycles. The summed E-state index contributed by atoms with van der Waals surface area (Å²) in [4.78, 5) is 7.03. The van der Waals surface area contributed by atoms with Crippen LogP contribution in [0.1, 0.15) is 24.8 Å². The van der Waals surface area contributed by atoms with E-state index in [1.807, 2.05) is 25.3 Å². The molecule has 2 N–H and O–H groups in total. The molecule has 2 heterocycles. The summed E-state index contributed by atoms with van der Waals surface area (Å²) >= 11 is 0. The smallest absolute Gasteiger partial charge is 0.276 e. The highest BCUT2D eigenvalue weighted by molar-refractivity contribution is 7.87. The van der Waals surface area contributed by atoms with Gasteiger partial charge in [-0.3, -0.25) is 0 Å². The Morgan fingerprint density at radius 1 is 1.14 bits per heavy atom. The number of aromatic nitrogens is 1. The SMILES string of the molecule is CNS(=O)(=O)NCCC1CCN(c2ncc(C)c3cc(OC)c(OC)cc23)CC1. The van der Waals surface area contributed by atoms with E-state index in [2.05, 4.69) is 14.3 Å². The molecule has 1 fully saturated rings. The molecule has 0 amide bonds. The molecule has 1 aromatic heterocycles. The zero-order chi connectivity index (χ0) is 21.0. The fraction of sp³-hybridized carbons (Fsp3) is 0.550. The zero-order valence-electron chi connectivity index (χ0n) is 17.5. The number of anilines is 1. The molecular formula is C20H30N4O4S. The molecule has 0 saturated carbocycles. The maximum atomic E-state index is 11.5. The van der Waals surface area contributed by atoms with Crippen molar-refractivity contribution in [2.24, 2.45) is 5.92 Å². The van der Waals surface area contributed by atoms with Crippen molar-refractivity contribution in [3.63, 3.8) is 0 Å². The average Bonchev–Trinajstić information content (AvgIpc) is 2.73. The molecular weight excluding hydrogens is 392 g/mol. The highest BCUT2D eigenvalue weighted by Gasteiger charge is 2.23. The van der Waals surface area contributed by atoms with Gasteiger partial charge in [0.1, 0.15) is 5.82 Å². The van der Waals surface area contributed by atoms with Gasteiger partial charge in [0.15, 0.2) is 11.5 Å². The van der Waals surface area contributed by atoms with Crippen molar-refractivity contribution in [3.8, 4) is 11.5 Å². The van der Waals surface area contributed by atoms with Gasteiger partial charge in [0.2, 0.25) is 0 Å². The third kappa shape index (κ3) is 4.91. The second-order valence-electron chi connectivity index (χ2n) is 7.34. The maximum Gasteiger partial charge on any atom is 0.276 e. The van der Waals surface area contributed by atoms with Crippen molar-refractivity contribution in [2.45, 2.75) is 26.2 Å². The number of aryl methyl sites for hydroxylation is 1. The van der Waals surface area contributed by atoms with Gasteiger partial charge < -0.3 is 14.4 Å². The second-order valence-corrected chi connectivity index (χ2v) is 9.04. The molecule has 0 bridgehead atoms. The van der Waals surface area contributed by atoms with Crippen molar-refractivity contribution in [2.75, 3.05) is 45.8 Å². The first-order chi connectivity index (χ1) is 13.9. The Kier molecular flexibility index (Phi) is 6.81. The van der Waals surface area contributed by atoms with E-state index in [9.17, 15) is 8.42 Å². The molecule has 2 aromatic rings. The van der Waals surface area contributed by atoms with Crippen LogP contribution in [0.2, 0.25) is 0 Å². The van der Waals surface area contributed by atoms with Gasteiger partial charge in [-0.05, 0) is 55.2 Å². The molecule has 0 unspecified atom stereocenters. The quantitative estimate of drug-likeness (QED) is 0.678. The lowest BCUT2D eigenvalue weighted by molar-refractivity contribution is 0.356. The molecule has 0 radical (unpaired) electrons. The third-order valence-electron chi connectivity index (χ3n) is 5.60. The monoisotopic (exact) mass is 422 g/mol. The van der Waals surface area contributed by atoms with E-state index in [1.54, 1.807) is 14.2 Å². The summed E-state index contributed by atoms with van der Waals surface area (Å²) < 4.78 is 38.7. The number of benzene rings is 1. The number of hydrogen-bond donors (Lipinski definition) is 2. The number of pyridine rings is 1. The van der Waals surface area contributed by atoms with Crippen LogP contribution in [-0.4, -0.2) is 54.3 Å². The standard InChI is InChI=1S/C20H30N4O4S/c1-14-13-22-20(17-12-19(28-4)18(27-3)11-16(14)17)24-9-6-15(7-10-24)5-8-23-29(25,26)21-2/h11-13,15,21,23H,5-10H2,1-4H3. The van der Waals surface area contributed by atoms with Gasteiger partial charge in [0.25, 0.3) is 10.2 Å². The van der Waals surface area contributed by atoms with Gasteiger partial charge in [0, 0.05) is 38.3 Å². The molecule has 3 rings (SSSR count). The minimum Gasteiger partial charge on any atom is -0.493 e. The summed E-state index contributed by atoms with van der Waals surface area (Å²) in [5.41, 5.74) is 1.09. The maximum absolute atomic E-state index is 11.5. The van der Waals surface area contributed by atoms with Gasteiger partial charge in [0.05, 0.1) is 14.2 Å². The van der Waals surface area contributed by atoms with Crippen LogP contribution in [0.25, 0.3) is 10.8 Å². The fourth-order valence-electron chi connectivity index (χ4n) is 3.84. The zero-order valence-corrected chi connectivity index (χ0v) is 18.3. The normalized spacial score (nSPS) is 15.7. The number of nitrogens with one attached hydrogen (secondary N) is 2. The molecule has 1 saturated heterocycles. The Morgan fingerprint density at radius 2 is 1.76 bits per heavy atom. The van der Waals surface area contributed by atoms with E-state index >= 15 is 0 Å². The van der Waals surface area contributed by atoms with E-state index in [0.29, 0.717) is 24.0 Å². The average molecular weight is 423 g/mol. The highest BCUT2D eigenvalue weighted by Crippen LogP contribution is 2.38. The summed E-state index contributed by atoms with van der Waals surface area (Å²) in [6.07, 6.45) is 4.75. The largest absolute Gasteiger partial charge is 0.493 e. The van der Waals surface area contributed by atoms with Gasteiger partial charge in [-0.25, -0.2) is 14.4 Å². The first-order valence-corrected chi connectivity index (χ1v) is 11.3. The minimum absolute atomic E-state index is 0.455. The second kappa shape index (κ2) is 9.15. The van der Waals surface area contributed by atoms with Crippen LogP contribution < -0.4 is 23.8 Å². The van der Waals surface area contributed by atoms with Crippen LogP contribution in [0.4, 0.5) is 5.82 Å². The summed E-state index contributed by atoms with van der Waals surface area (Å²) in [5.74, 6) is 2.86. The Balaban J connectivity index is 1.73. The van der Waals surface area contributed by atoms with Crippen LogP contribution in [0.3, 0.4) is 0 Å². The molecule has 0 atom stereocenters. The van der Waals surface area contributed by atoms with Gasteiger partial charge >= 0.3 is 0 Å². The Hall–Kier alpha value is -2.10. The van der Waals surface area contributed by atoms with E-state index in [1.165, 1.54) is 7.05 Å². The van der Waals surface area contributed by atoms with Gasteiger partial charge in [-0.15, -0.1) is 0 Å².